The van der Waals surface area contributed by atoms with Crippen LogP contribution in [0.1, 0.15) is 30.8 Å². The molecule has 0 spiro atoms. The summed E-state index contributed by atoms with van der Waals surface area (Å²) in [4.78, 5) is 35.1. The van der Waals surface area contributed by atoms with Crippen LogP contribution in [0.25, 0.3) is 0 Å². The lowest BCUT2D eigenvalue weighted by Crippen LogP contribution is -2.53. The van der Waals surface area contributed by atoms with Gasteiger partial charge in [-0.15, -0.1) is 0 Å². The Kier molecular flexibility index (Phi) is 3.95. The lowest BCUT2D eigenvalue weighted by Gasteiger charge is -2.43. The van der Waals surface area contributed by atoms with Gasteiger partial charge < -0.3 is 10.1 Å². The topological polar surface area (TPSA) is 107 Å². The van der Waals surface area contributed by atoms with Gasteiger partial charge >= 0.3 is 5.69 Å². The molecule has 2 aromatic heterocycles. The van der Waals surface area contributed by atoms with Crippen molar-refractivity contribution in [3.05, 3.63) is 50.8 Å². The van der Waals surface area contributed by atoms with E-state index in [9.17, 15) is 14.7 Å². The van der Waals surface area contributed by atoms with Gasteiger partial charge in [-0.1, -0.05) is 0 Å². The molecule has 3 N–H and O–H groups in total. The lowest BCUT2D eigenvalue weighted by atomic mass is 9.88. The molecule has 8 nitrogen and oxygen atoms in total. The third kappa shape index (κ3) is 3.13. The van der Waals surface area contributed by atoms with Crippen LogP contribution < -0.4 is 11.2 Å². The minimum atomic E-state index is -1.01. The Labute approximate surface area is 132 Å². The van der Waals surface area contributed by atoms with Gasteiger partial charge in [-0.25, -0.2) is 9.78 Å². The van der Waals surface area contributed by atoms with E-state index in [0.717, 1.165) is 11.4 Å². The van der Waals surface area contributed by atoms with Gasteiger partial charge in [0.25, 0.3) is 5.56 Å². The highest BCUT2D eigenvalue weighted by Gasteiger charge is 2.39. The second kappa shape index (κ2) is 5.78. The summed E-state index contributed by atoms with van der Waals surface area (Å²) in [5, 5.41) is 10.7. The van der Waals surface area contributed by atoms with Crippen LogP contribution in [0.4, 0.5) is 0 Å². The zero-order valence-corrected chi connectivity index (χ0v) is 13.2. The zero-order chi connectivity index (χ0) is 16.6. The molecule has 23 heavy (non-hydrogen) atoms. The third-order valence-electron chi connectivity index (χ3n) is 4.58. The molecule has 1 aliphatic heterocycles. The Bertz CT molecular complexity index is 804. The van der Waals surface area contributed by atoms with Gasteiger partial charge in [0.2, 0.25) is 0 Å². The van der Waals surface area contributed by atoms with Crippen molar-refractivity contribution in [3.8, 4) is 0 Å². The van der Waals surface area contributed by atoms with Gasteiger partial charge in [0.1, 0.15) is 0 Å². The number of nitrogens with zero attached hydrogens (tertiary/aromatic N) is 3. The molecule has 0 unspecified atom stereocenters. The first-order valence-corrected chi connectivity index (χ1v) is 7.62. The minimum Gasteiger partial charge on any atom is -0.388 e. The number of aromatic amines is 2. The monoisotopic (exact) mass is 319 g/mol. The van der Waals surface area contributed by atoms with Gasteiger partial charge in [0.15, 0.2) is 0 Å². The average Bonchev–Trinajstić information content (AvgIpc) is 2.87. The number of likely N-dealkylation sites (tertiary alicyclic amines) is 1. The molecule has 1 aliphatic rings. The highest BCUT2D eigenvalue weighted by Crippen LogP contribution is 2.31. The number of piperidine rings is 1. The average molecular weight is 319 g/mol. The van der Waals surface area contributed by atoms with E-state index in [1.165, 1.54) is 16.8 Å². The predicted molar refractivity (Wildman–Crippen MR) is 84.2 cm³/mol. The Morgan fingerprint density at radius 3 is 2.91 bits per heavy atom. The van der Waals surface area contributed by atoms with Crippen molar-refractivity contribution >= 4 is 0 Å². The van der Waals surface area contributed by atoms with Gasteiger partial charge in [0.05, 0.1) is 23.7 Å². The summed E-state index contributed by atoms with van der Waals surface area (Å²) in [6.45, 7) is 5.57. The quantitative estimate of drug-likeness (QED) is 0.724. The van der Waals surface area contributed by atoms with Gasteiger partial charge in [-0.3, -0.25) is 19.2 Å². The molecule has 8 heteroatoms. The number of imidazole rings is 1. The predicted octanol–water partition coefficient (Wildman–Crippen LogP) is -0.234. The number of hydrogen-bond acceptors (Lipinski definition) is 5. The number of hydrogen-bond donors (Lipinski definition) is 3. The largest absolute Gasteiger partial charge is 0.388 e. The van der Waals surface area contributed by atoms with Crippen molar-refractivity contribution in [2.75, 3.05) is 13.1 Å². The van der Waals surface area contributed by atoms with Crippen LogP contribution in [0, 0.1) is 6.92 Å². The van der Waals surface area contributed by atoms with Crippen LogP contribution in [-0.2, 0) is 6.54 Å². The molecular weight excluding hydrogens is 298 g/mol. The van der Waals surface area contributed by atoms with E-state index in [1.807, 2.05) is 6.92 Å². The van der Waals surface area contributed by atoms with E-state index in [2.05, 4.69) is 19.9 Å². The first-order valence-electron chi connectivity index (χ1n) is 7.62. The fourth-order valence-electron chi connectivity index (χ4n) is 3.05. The molecule has 3 heterocycles. The fourth-order valence-corrected chi connectivity index (χ4v) is 3.05. The zero-order valence-electron chi connectivity index (χ0n) is 13.2. The van der Waals surface area contributed by atoms with Crippen LogP contribution in [0.3, 0.4) is 0 Å². The molecule has 0 saturated carbocycles. The van der Waals surface area contributed by atoms with E-state index in [0.29, 0.717) is 26.1 Å². The maximum atomic E-state index is 12.1. The third-order valence-corrected chi connectivity index (χ3v) is 4.58. The minimum absolute atomic E-state index is 0.431. The number of aliphatic hydroxyl groups is 1. The number of nitrogens with one attached hydrogen (secondary N) is 2. The Hall–Kier alpha value is -2.19. The number of rotatable bonds is 3. The van der Waals surface area contributed by atoms with E-state index in [-0.39, 0.29) is 0 Å². The summed E-state index contributed by atoms with van der Waals surface area (Å²) in [7, 11) is 0. The smallest absolute Gasteiger partial charge is 0.328 e. The molecule has 0 aromatic carbocycles. The van der Waals surface area contributed by atoms with Crippen LogP contribution in [0.15, 0.2) is 28.2 Å². The van der Waals surface area contributed by atoms with Crippen molar-refractivity contribution < 1.29 is 5.11 Å². The highest BCUT2D eigenvalue weighted by molar-refractivity contribution is 5.09. The van der Waals surface area contributed by atoms with Crippen molar-refractivity contribution in [2.24, 2.45) is 0 Å². The van der Waals surface area contributed by atoms with Crippen molar-refractivity contribution in [3.63, 3.8) is 0 Å². The maximum absolute atomic E-state index is 12.1. The van der Waals surface area contributed by atoms with Crippen LogP contribution in [0.5, 0.6) is 0 Å². The van der Waals surface area contributed by atoms with Crippen molar-refractivity contribution in [1.82, 2.24) is 24.4 Å². The first kappa shape index (κ1) is 15.7. The van der Waals surface area contributed by atoms with Crippen LogP contribution in [-0.4, -0.2) is 48.2 Å². The number of H-pyrrole nitrogens is 2. The molecule has 0 bridgehead atoms. The SMILES string of the molecule is Cc1[nH]cnc1CN1CC[C@@](C)(O)[C@H](n2ccc(=O)[nH]c2=O)C1. The first-order chi connectivity index (χ1) is 10.9. The van der Waals surface area contributed by atoms with E-state index < -0.39 is 22.9 Å². The summed E-state index contributed by atoms with van der Waals surface area (Å²) in [5.74, 6) is 0. The summed E-state index contributed by atoms with van der Waals surface area (Å²) < 4.78 is 1.41. The molecule has 2 atom stereocenters. The molecule has 0 aliphatic carbocycles. The van der Waals surface area contributed by atoms with E-state index in [4.69, 9.17) is 0 Å². The van der Waals surface area contributed by atoms with E-state index in [1.54, 1.807) is 13.3 Å². The molecule has 3 rings (SSSR count). The van der Waals surface area contributed by atoms with Crippen molar-refractivity contribution in [1.29, 1.82) is 0 Å². The molecular formula is C15H21N5O3. The Morgan fingerprint density at radius 2 is 2.26 bits per heavy atom. The second-order valence-electron chi connectivity index (χ2n) is 6.35. The van der Waals surface area contributed by atoms with E-state index >= 15 is 0 Å². The summed E-state index contributed by atoms with van der Waals surface area (Å²) in [6, 6.07) is 0.869. The molecule has 124 valence electrons. The molecule has 1 fully saturated rings. The molecule has 2 aromatic rings. The molecule has 0 amide bonds. The normalized spacial score (nSPS) is 25.6. The maximum Gasteiger partial charge on any atom is 0.328 e. The number of aryl methyl sites for hydroxylation is 1. The van der Waals surface area contributed by atoms with Crippen LogP contribution in [0.2, 0.25) is 0 Å². The molecule has 1 saturated heterocycles. The standard InChI is InChI=1S/C15H21N5O3/c1-10-11(17-9-16-10)7-19-6-4-15(2,23)12(8-19)20-5-3-13(21)18-14(20)22/h3,5,9,12,23H,4,6-8H2,1-2H3,(H,16,17)(H,18,21,22)/t12-,15-/m1/s1. The highest BCUT2D eigenvalue weighted by atomic mass is 16.3. The van der Waals surface area contributed by atoms with Gasteiger partial charge in [0, 0.05) is 37.6 Å². The van der Waals surface area contributed by atoms with Gasteiger partial charge in [-0.05, 0) is 20.3 Å². The summed E-state index contributed by atoms with van der Waals surface area (Å²) in [6.07, 6.45) is 3.64. The number of aromatic nitrogens is 4. The fraction of sp³-hybridized carbons (Fsp3) is 0.533. The molecule has 0 radical (unpaired) electrons. The Morgan fingerprint density at radius 1 is 1.48 bits per heavy atom. The van der Waals surface area contributed by atoms with Crippen LogP contribution >= 0.6 is 0 Å². The van der Waals surface area contributed by atoms with Crippen molar-refractivity contribution in [2.45, 2.75) is 38.5 Å². The second-order valence-corrected chi connectivity index (χ2v) is 6.35. The summed E-state index contributed by atoms with van der Waals surface area (Å²) in [5.41, 5.74) is 0.0182. The van der Waals surface area contributed by atoms with Gasteiger partial charge in [-0.2, -0.15) is 0 Å². The lowest BCUT2D eigenvalue weighted by molar-refractivity contribution is -0.0544. The summed E-state index contributed by atoms with van der Waals surface area (Å²) >= 11 is 0. The Balaban J connectivity index is 1.86.